The van der Waals surface area contributed by atoms with Crippen LogP contribution < -0.4 is 4.90 Å². The predicted octanol–water partition coefficient (Wildman–Crippen LogP) is 3.55. The van der Waals surface area contributed by atoms with Crippen LogP contribution in [0.25, 0.3) is 0 Å². The summed E-state index contributed by atoms with van der Waals surface area (Å²) in [4.78, 5) is 40.0. The molecular formula is C26H28ClN5O2. The number of amides is 2. The second kappa shape index (κ2) is 11.6. The van der Waals surface area contributed by atoms with Gasteiger partial charge in [0, 0.05) is 58.1 Å². The molecule has 3 aromatic rings. The first-order valence-corrected chi connectivity index (χ1v) is 11.9. The summed E-state index contributed by atoms with van der Waals surface area (Å²) in [5.74, 6) is -0.157. The summed E-state index contributed by atoms with van der Waals surface area (Å²) in [6.45, 7) is 3.56. The molecule has 2 aromatic carbocycles. The van der Waals surface area contributed by atoms with Crippen molar-refractivity contribution in [3.8, 4) is 0 Å². The number of para-hydroxylation sites is 1. The van der Waals surface area contributed by atoms with Crippen molar-refractivity contribution < 1.29 is 9.59 Å². The van der Waals surface area contributed by atoms with Crippen molar-refractivity contribution in [3.63, 3.8) is 0 Å². The molecule has 34 heavy (non-hydrogen) atoms. The number of hydrogen-bond acceptors (Lipinski definition) is 5. The standard InChI is InChI=1S/C26H28ClN5O2/c27-22-8-4-5-9-24(22)30-16-18-31(19-17-30)25(33)11-15-32(14-10-21-6-2-1-3-7-21)26(34)23-20-28-12-13-29-23/h1-9,12-13,20H,10-11,14-19H2. The first-order valence-electron chi connectivity index (χ1n) is 11.5. The van der Waals surface area contributed by atoms with E-state index in [1.165, 1.54) is 18.6 Å². The smallest absolute Gasteiger partial charge is 0.274 e. The molecule has 1 aliphatic rings. The van der Waals surface area contributed by atoms with Crippen molar-refractivity contribution in [2.24, 2.45) is 0 Å². The van der Waals surface area contributed by atoms with E-state index in [1.54, 1.807) is 4.90 Å². The Morgan fingerprint density at radius 1 is 0.912 bits per heavy atom. The van der Waals surface area contributed by atoms with E-state index in [0.29, 0.717) is 32.6 Å². The maximum atomic E-state index is 13.1. The van der Waals surface area contributed by atoms with Crippen LogP contribution in [0.4, 0.5) is 5.69 Å². The number of anilines is 1. The van der Waals surface area contributed by atoms with E-state index in [-0.39, 0.29) is 23.9 Å². The molecule has 2 amide bonds. The Hall–Kier alpha value is -3.45. The minimum Gasteiger partial charge on any atom is -0.367 e. The number of rotatable bonds is 8. The molecule has 0 unspecified atom stereocenters. The van der Waals surface area contributed by atoms with E-state index in [2.05, 4.69) is 14.9 Å². The molecule has 176 valence electrons. The number of aromatic nitrogens is 2. The normalized spacial score (nSPS) is 13.6. The van der Waals surface area contributed by atoms with Gasteiger partial charge in [-0.2, -0.15) is 0 Å². The van der Waals surface area contributed by atoms with Crippen LogP contribution in [-0.2, 0) is 11.2 Å². The molecule has 1 fully saturated rings. The summed E-state index contributed by atoms with van der Waals surface area (Å²) in [5, 5.41) is 0.721. The van der Waals surface area contributed by atoms with Gasteiger partial charge in [-0.3, -0.25) is 14.6 Å². The van der Waals surface area contributed by atoms with Crippen LogP contribution in [0.3, 0.4) is 0 Å². The van der Waals surface area contributed by atoms with E-state index >= 15 is 0 Å². The van der Waals surface area contributed by atoms with Gasteiger partial charge in [-0.05, 0) is 24.1 Å². The van der Waals surface area contributed by atoms with E-state index in [0.717, 1.165) is 29.4 Å². The van der Waals surface area contributed by atoms with Gasteiger partial charge < -0.3 is 14.7 Å². The number of carbonyl (C=O) groups is 2. The maximum Gasteiger partial charge on any atom is 0.274 e. The molecule has 0 radical (unpaired) electrons. The van der Waals surface area contributed by atoms with Crippen molar-refractivity contribution in [1.29, 1.82) is 0 Å². The molecule has 2 heterocycles. The average molecular weight is 478 g/mol. The van der Waals surface area contributed by atoms with Crippen molar-refractivity contribution in [2.75, 3.05) is 44.2 Å². The molecule has 0 saturated carbocycles. The highest BCUT2D eigenvalue weighted by molar-refractivity contribution is 6.33. The molecule has 4 rings (SSSR count). The van der Waals surface area contributed by atoms with Gasteiger partial charge in [0.1, 0.15) is 5.69 Å². The van der Waals surface area contributed by atoms with Crippen LogP contribution in [0.2, 0.25) is 5.02 Å². The van der Waals surface area contributed by atoms with Gasteiger partial charge in [-0.15, -0.1) is 0 Å². The Morgan fingerprint density at radius 3 is 2.35 bits per heavy atom. The Labute approximate surface area is 205 Å². The fraction of sp³-hybridized carbons (Fsp3) is 0.308. The number of carbonyl (C=O) groups excluding carboxylic acids is 2. The molecule has 0 spiro atoms. The number of benzene rings is 2. The second-order valence-corrected chi connectivity index (χ2v) is 8.59. The van der Waals surface area contributed by atoms with E-state index in [9.17, 15) is 9.59 Å². The van der Waals surface area contributed by atoms with Gasteiger partial charge in [0.2, 0.25) is 5.91 Å². The largest absolute Gasteiger partial charge is 0.367 e. The fourth-order valence-electron chi connectivity index (χ4n) is 4.09. The van der Waals surface area contributed by atoms with E-state index in [4.69, 9.17) is 11.6 Å². The minimum atomic E-state index is -0.208. The lowest BCUT2D eigenvalue weighted by Crippen LogP contribution is -2.49. The van der Waals surface area contributed by atoms with Gasteiger partial charge in [0.15, 0.2) is 0 Å². The van der Waals surface area contributed by atoms with Gasteiger partial charge >= 0.3 is 0 Å². The van der Waals surface area contributed by atoms with Gasteiger partial charge in [0.05, 0.1) is 16.9 Å². The Morgan fingerprint density at radius 2 is 1.65 bits per heavy atom. The third-order valence-electron chi connectivity index (χ3n) is 6.00. The predicted molar refractivity (Wildman–Crippen MR) is 133 cm³/mol. The molecule has 7 nitrogen and oxygen atoms in total. The summed E-state index contributed by atoms with van der Waals surface area (Å²) in [6.07, 6.45) is 5.49. The zero-order valence-corrected chi connectivity index (χ0v) is 19.8. The first kappa shape index (κ1) is 23.7. The SMILES string of the molecule is O=C(CCN(CCc1ccccc1)C(=O)c1cnccn1)N1CCN(c2ccccc2Cl)CC1. The summed E-state index contributed by atoms with van der Waals surface area (Å²) in [7, 11) is 0. The minimum absolute atomic E-state index is 0.0514. The van der Waals surface area contributed by atoms with Gasteiger partial charge in [-0.25, -0.2) is 4.98 Å². The quantitative estimate of drug-likeness (QED) is 0.496. The van der Waals surface area contributed by atoms with Gasteiger partial charge in [0.25, 0.3) is 5.91 Å². The highest BCUT2D eigenvalue weighted by atomic mass is 35.5. The number of hydrogen-bond donors (Lipinski definition) is 0. The van der Waals surface area contributed by atoms with Crippen molar-refractivity contribution in [3.05, 3.63) is 89.5 Å². The molecule has 0 N–H and O–H groups in total. The lowest BCUT2D eigenvalue weighted by Gasteiger charge is -2.36. The molecule has 0 bridgehead atoms. The Bertz CT molecular complexity index is 1090. The average Bonchev–Trinajstić information content (AvgIpc) is 2.90. The van der Waals surface area contributed by atoms with Crippen LogP contribution in [0, 0.1) is 0 Å². The molecular weight excluding hydrogens is 450 g/mol. The summed E-state index contributed by atoms with van der Waals surface area (Å²) >= 11 is 6.33. The molecule has 0 atom stereocenters. The number of piperazine rings is 1. The van der Waals surface area contributed by atoms with Crippen molar-refractivity contribution >= 4 is 29.1 Å². The summed E-state index contributed by atoms with van der Waals surface area (Å²) in [5.41, 5.74) is 2.43. The monoisotopic (exact) mass is 477 g/mol. The fourth-order valence-corrected chi connectivity index (χ4v) is 4.34. The maximum absolute atomic E-state index is 13.1. The highest BCUT2D eigenvalue weighted by Gasteiger charge is 2.24. The summed E-state index contributed by atoms with van der Waals surface area (Å²) < 4.78 is 0. The second-order valence-electron chi connectivity index (χ2n) is 8.19. The van der Waals surface area contributed by atoms with E-state index < -0.39 is 0 Å². The third-order valence-corrected chi connectivity index (χ3v) is 6.32. The number of nitrogens with zero attached hydrogens (tertiary/aromatic N) is 5. The topological polar surface area (TPSA) is 69.6 Å². The van der Waals surface area contributed by atoms with Crippen LogP contribution in [-0.4, -0.2) is 70.9 Å². The van der Waals surface area contributed by atoms with Crippen molar-refractivity contribution in [2.45, 2.75) is 12.8 Å². The molecule has 8 heteroatoms. The number of halogens is 1. The van der Waals surface area contributed by atoms with Crippen LogP contribution in [0.5, 0.6) is 0 Å². The zero-order chi connectivity index (χ0) is 23.8. The first-order chi connectivity index (χ1) is 16.6. The lowest BCUT2D eigenvalue weighted by molar-refractivity contribution is -0.131. The van der Waals surface area contributed by atoms with Crippen LogP contribution in [0.1, 0.15) is 22.5 Å². The van der Waals surface area contributed by atoms with Crippen molar-refractivity contribution in [1.82, 2.24) is 19.8 Å². The van der Waals surface area contributed by atoms with Crippen LogP contribution >= 0.6 is 11.6 Å². The van der Waals surface area contributed by atoms with Gasteiger partial charge in [-0.1, -0.05) is 54.1 Å². The lowest BCUT2D eigenvalue weighted by atomic mass is 10.1. The Kier molecular flexibility index (Phi) is 8.09. The van der Waals surface area contributed by atoms with Crippen LogP contribution in [0.15, 0.2) is 73.2 Å². The zero-order valence-electron chi connectivity index (χ0n) is 19.0. The molecule has 1 aliphatic heterocycles. The molecule has 1 aromatic heterocycles. The van der Waals surface area contributed by atoms with E-state index in [1.807, 2.05) is 59.5 Å². The highest BCUT2D eigenvalue weighted by Crippen LogP contribution is 2.26. The summed E-state index contributed by atoms with van der Waals surface area (Å²) in [6, 6.07) is 17.8. The Balaban J connectivity index is 1.34. The third kappa shape index (κ3) is 6.11. The molecule has 0 aliphatic carbocycles. The molecule has 1 saturated heterocycles.